The highest BCUT2D eigenvalue weighted by Gasteiger charge is 2.32. The van der Waals surface area contributed by atoms with Crippen LogP contribution in [0.2, 0.25) is 0 Å². The van der Waals surface area contributed by atoms with Gasteiger partial charge in [-0.15, -0.1) is 0 Å². The second-order valence-electron chi connectivity index (χ2n) is 6.23. The van der Waals surface area contributed by atoms with Crippen LogP contribution in [0.1, 0.15) is 17.2 Å². The summed E-state index contributed by atoms with van der Waals surface area (Å²) in [5.74, 6) is 0. The lowest BCUT2D eigenvalue weighted by Crippen LogP contribution is -2.30. The number of rotatable bonds is 5. The maximum absolute atomic E-state index is 13.1. The first kappa shape index (κ1) is 16.0. The molecular weight excluding hydrogens is 316 g/mol. The summed E-state index contributed by atoms with van der Waals surface area (Å²) in [6.45, 7) is 1.60. The number of fused-ring (bicyclic) bond motifs is 5. The van der Waals surface area contributed by atoms with Crippen molar-refractivity contribution in [1.82, 2.24) is 9.88 Å². The molecule has 0 saturated heterocycles. The number of aromatic nitrogens is 1. The molecule has 5 nitrogen and oxygen atoms in total. The number of pyridine rings is 1. The Morgan fingerprint density at radius 1 is 1.00 bits per heavy atom. The summed E-state index contributed by atoms with van der Waals surface area (Å²) in [6, 6.07) is 15.1. The maximum Gasteiger partial charge on any atom is 0.258 e. The summed E-state index contributed by atoms with van der Waals surface area (Å²) < 4.78 is 1.75. The SMILES string of the molecule is O=c1c2ccccc2c2c(n1CCNCCO)-c1ccccc1[C@@H]2O. The quantitative estimate of drug-likeness (QED) is 0.619. The molecule has 0 aliphatic heterocycles. The summed E-state index contributed by atoms with van der Waals surface area (Å²) in [5, 5.41) is 24.4. The van der Waals surface area contributed by atoms with Crippen LogP contribution < -0.4 is 10.9 Å². The first-order chi connectivity index (χ1) is 12.2. The number of hydrogen-bond donors (Lipinski definition) is 3. The van der Waals surface area contributed by atoms with Crippen LogP contribution in [0, 0.1) is 0 Å². The van der Waals surface area contributed by atoms with Crippen LogP contribution in [0.4, 0.5) is 0 Å². The molecule has 0 spiro atoms. The average molecular weight is 336 g/mol. The van der Waals surface area contributed by atoms with E-state index in [1.54, 1.807) is 4.57 Å². The van der Waals surface area contributed by atoms with Gasteiger partial charge in [0.05, 0.1) is 12.3 Å². The van der Waals surface area contributed by atoms with Gasteiger partial charge < -0.3 is 20.1 Å². The molecule has 1 aromatic heterocycles. The largest absolute Gasteiger partial charge is 0.395 e. The van der Waals surface area contributed by atoms with Crippen molar-refractivity contribution in [1.29, 1.82) is 0 Å². The normalized spacial score (nSPS) is 15.4. The molecule has 5 heteroatoms. The Kier molecular flexibility index (Phi) is 4.13. The minimum atomic E-state index is -0.728. The molecule has 1 heterocycles. The van der Waals surface area contributed by atoms with Gasteiger partial charge in [0, 0.05) is 36.1 Å². The Morgan fingerprint density at radius 2 is 1.72 bits per heavy atom. The number of nitrogens with one attached hydrogen (secondary N) is 1. The van der Waals surface area contributed by atoms with Gasteiger partial charge in [0.2, 0.25) is 0 Å². The number of aliphatic hydroxyl groups is 2. The first-order valence-electron chi connectivity index (χ1n) is 8.48. The van der Waals surface area contributed by atoms with E-state index in [-0.39, 0.29) is 12.2 Å². The van der Waals surface area contributed by atoms with Crippen LogP contribution in [0.5, 0.6) is 0 Å². The zero-order valence-electron chi connectivity index (χ0n) is 13.8. The highest BCUT2D eigenvalue weighted by atomic mass is 16.3. The molecule has 1 atom stereocenters. The second-order valence-corrected chi connectivity index (χ2v) is 6.23. The molecule has 0 amide bonds. The van der Waals surface area contributed by atoms with Gasteiger partial charge in [0.15, 0.2) is 0 Å². The molecule has 2 aromatic carbocycles. The predicted molar refractivity (Wildman–Crippen MR) is 97.7 cm³/mol. The van der Waals surface area contributed by atoms with E-state index in [0.717, 1.165) is 27.8 Å². The lowest BCUT2D eigenvalue weighted by Gasteiger charge is -2.16. The molecule has 0 unspecified atom stereocenters. The number of nitrogens with zero attached hydrogens (tertiary/aromatic N) is 1. The lowest BCUT2D eigenvalue weighted by molar-refractivity contribution is 0.226. The van der Waals surface area contributed by atoms with Crippen molar-refractivity contribution in [3.05, 3.63) is 70.0 Å². The van der Waals surface area contributed by atoms with Gasteiger partial charge in [-0.25, -0.2) is 0 Å². The van der Waals surface area contributed by atoms with E-state index in [4.69, 9.17) is 5.11 Å². The third-order valence-electron chi connectivity index (χ3n) is 4.80. The molecule has 3 aromatic rings. The fourth-order valence-electron chi connectivity index (χ4n) is 3.71. The molecule has 3 N–H and O–H groups in total. The summed E-state index contributed by atoms with van der Waals surface area (Å²) in [5.41, 5.74) is 3.31. The number of aliphatic hydroxyl groups excluding tert-OH is 2. The molecule has 0 fully saturated rings. The summed E-state index contributed by atoms with van der Waals surface area (Å²) >= 11 is 0. The molecule has 1 aliphatic carbocycles. The van der Waals surface area contributed by atoms with Crippen LogP contribution in [0.15, 0.2) is 53.3 Å². The van der Waals surface area contributed by atoms with Gasteiger partial charge in [0.25, 0.3) is 5.56 Å². The number of benzene rings is 2. The van der Waals surface area contributed by atoms with E-state index in [9.17, 15) is 9.90 Å². The zero-order valence-corrected chi connectivity index (χ0v) is 13.8. The van der Waals surface area contributed by atoms with Crippen molar-refractivity contribution in [2.24, 2.45) is 0 Å². The van der Waals surface area contributed by atoms with E-state index < -0.39 is 6.10 Å². The van der Waals surface area contributed by atoms with E-state index in [0.29, 0.717) is 25.0 Å². The van der Waals surface area contributed by atoms with Crippen molar-refractivity contribution in [3.8, 4) is 11.3 Å². The maximum atomic E-state index is 13.1. The van der Waals surface area contributed by atoms with Gasteiger partial charge in [-0.2, -0.15) is 0 Å². The standard InChI is InChI=1S/C20H20N2O3/c23-12-10-21-9-11-22-18-14-6-2-3-7-15(14)19(24)17(18)13-5-1-4-8-16(13)20(22)25/h1-8,19,21,23-24H,9-12H2/t19-/m0/s1. The van der Waals surface area contributed by atoms with E-state index in [1.807, 2.05) is 48.5 Å². The van der Waals surface area contributed by atoms with Crippen molar-refractivity contribution in [3.63, 3.8) is 0 Å². The molecule has 25 heavy (non-hydrogen) atoms. The van der Waals surface area contributed by atoms with Crippen molar-refractivity contribution in [2.75, 3.05) is 19.7 Å². The van der Waals surface area contributed by atoms with E-state index in [1.165, 1.54) is 0 Å². The Hall–Kier alpha value is -2.47. The fourth-order valence-corrected chi connectivity index (χ4v) is 3.71. The van der Waals surface area contributed by atoms with Crippen LogP contribution in [-0.4, -0.2) is 34.5 Å². The zero-order chi connectivity index (χ0) is 17.4. The summed E-state index contributed by atoms with van der Waals surface area (Å²) in [6.07, 6.45) is -0.728. The topological polar surface area (TPSA) is 74.5 Å². The Balaban J connectivity index is 1.96. The van der Waals surface area contributed by atoms with Crippen LogP contribution >= 0.6 is 0 Å². The van der Waals surface area contributed by atoms with Crippen molar-refractivity contribution >= 4 is 10.8 Å². The van der Waals surface area contributed by atoms with Gasteiger partial charge in [-0.3, -0.25) is 4.79 Å². The first-order valence-corrected chi connectivity index (χ1v) is 8.48. The third-order valence-corrected chi connectivity index (χ3v) is 4.80. The molecule has 0 bridgehead atoms. The van der Waals surface area contributed by atoms with Gasteiger partial charge in [-0.1, -0.05) is 42.5 Å². The third kappa shape index (κ3) is 2.48. The Bertz CT molecular complexity index is 994. The highest BCUT2D eigenvalue weighted by molar-refractivity contribution is 5.94. The van der Waals surface area contributed by atoms with Gasteiger partial charge in [0.1, 0.15) is 6.10 Å². The molecule has 4 rings (SSSR count). The van der Waals surface area contributed by atoms with Gasteiger partial charge >= 0.3 is 0 Å². The highest BCUT2D eigenvalue weighted by Crippen LogP contribution is 2.45. The van der Waals surface area contributed by atoms with Crippen molar-refractivity contribution < 1.29 is 10.2 Å². The van der Waals surface area contributed by atoms with Gasteiger partial charge in [-0.05, 0) is 17.0 Å². The molecule has 0 saturated carbocycles. The fraction of sp³-hybridized carbons (Fsp3) is 0.250. The average Bonchev–Trinajstić information content (AvgIpc) is 2.94. The van der Waals surface area contributed by atoms with E-state index in [2.05, 4.69) is 5.32 Å². The van der Waals surface area contributed by atoms with Crippen LogP contribution in [0.3, 0.4) is 0 Å². The Labute approximate surface area is 145 Å². The molecular formula is C20H20N2O3. The number of hydrogen-bond acceptors (Lipinski definition) is 4. The van der Waals surface area contributed by atoms with Crippen LogP contribution in [0.25, 0.3) is 22.0 Å². The smallest absolute Gasteiger partial charge is 0.258 e. The van der Waals surface area contributed by atoms with Crippen LogP contribution in [-0.2, 0) is 6.54 Å². The minimum Gasteiger partial charge on any atom is -0.395 e. The predicted octanol–water partition coefficient (Wildman–Crippen LogP) is 1.65. The lowest BCUT2D eigenvalue weighted by atomic mass is 10.0. The minimum absolute atomic E-state index is 0.0518. The molecule has 0 radical (unpaired) electrons. The second kappa shape index (κ2) is 6.44. The Morgan fingerprint density at radius 3 is 2.52 bits per heavy atom. The summed E-state index contributed by atoms with van der Waals surface area (Å²) in [7, 11) is 0. The molecule has 1 aliphatic rings. The summed E-state index contributed by atoms with van der Waals surface area (Å²) in [4.78, 5) is 13.1. The van der Waals surface area contributed by atoms with Crippen molar-refractivity contribution in [2.45, 2.75) is 12.6 Å². The molecule has 128 valence electrons. The monoisotopic (exact) mass is 336 g/mol. The van der Waals surface area contributed by atoms with E-state index >= 15 is 0 Å².